The maximum Gasteiger partial charge on any atom is 0.194 e. The number of aromatic hydroxyl groups is 1. The third-order valence-corrected chi connectivity index (χ3v) is 4.97. The van der Waals surface area contributed by atoms with Crippen LogP contribution in [0.25, 0.3) is 0 Å². The average Bonchev–Trinajstić information content (AvgIpc) is 2.72. The molecule has 9 heteroatoms. The molecule has 30 heavy (non-hydrogen) atoms. The highest BCUT2D eigenvalue weighted by molar-refractivity contribution is 14.0. The van der Waals surface area contributed by atoms with Gasteiger partial charge in [-0.3, -0.25) is 9.89 Å². The van der Waals surface area contributed by atoms with Gasteiger partial charge in [0.05, 0.1) is 7.11 Å². The second-order valence-electron chi connectivity index (χ2n) is 6.92. The Morgan fingerprint density at radius 3 is 2.33 bits per heavy atom. The van der Waals surface area contributed by atoms with Crippen LogP contribution in [0, 0.1) is 11.6 Å². The molecule has 164 valence electrons. The van der Waals surface area contributed by atoms with Gasteiger partial charge in [0.1, 0.15) is 0 Å². The van der Waals surface area contributed by atoms with E-state index in [1.54, 1.807) is 19.2 Å². The number of rotatable bonds is 5. The van der Waals surface area contributed by atoms with Crippen molar-refractivity contribution in [1.82, 2.24) is 15.1 Å². The third-order valence-electron chi connectivity index (χ3n) is 4.97. The first kappa shape index (κ1) is 24.1. The molecule has 0 saturated carbocycles. The standard InChI is InChI=1S/C21H26F2N4O2.HI/c1-24-21(25-13-15-3-5-19(28)17(22)11-15)27-9-7-26(8-10-27)14-16-4-6-20(29-2)18(23)12-16;/h3-6,11-12,28H,7-10,13-14H2,1-2H3,(H,24,25);1H. The van der Waals surface area contributed by atoms with Crippen LogP contribution in [-0.4, -0.2) is 61.2 Å². The molecule has 3 rings (SSSR count). The van der Waals surface area contributed by atoms with Crippen molar-refractivity contribution in [2.45, 2.75) is 13.1 Å². The smallest absolute Gasteiger partial charge is 0.194 e. The summed E-state index contributed by atoms with van der Waals surface area (Å²) in [7, 11) is 3.17. The molecule has 2 aromatic carbocycles. The minimum absolute atomic E-state index is 0. The van der Waals surface area contributed by atoms with E-state index in [0.717, 1.165) is 43.3 Å². The molecule has 1 heterocycles. The van der Waals surface area contributed by atoms with E-state index in [2.05, 4.69) is 20.1 Å². The van der Waals surface area contributed by atoms with Crippen LogP contribution in [0.2, 0.25) is 0 Å². The van der Waals surface area contributed by atoms with Crippen molar-refractivity contribution < 1.29 is 18.6 Å². The predicted octanol–water partition coefficient (Wildman–Crippen LogP) is 3.19. The molecule has 1 fully saturated rings. The van der Waals surface area contributed by atoms with E-state index in [1.807, 2.05) is 6.07 Å². The molecule has 2 aromatic rings. The van der Waals surface area contributed by atoms with E-state index in [4.69, 9.17) is 4.74 Å². The summed E-state index contributed by atoms with van der Waals surface area (Å²) in [5.41, 5.74) is 1.63. The van der Waals surface area contributed by atoms with Crippen molar-refractivity contribution >= 4 is 29.9 Å². The summed E-state index contributed by atoms with van der Waals surface area (Å²) in [6.07, 6.45) is 0. The number of hydrogen-bond donors (Lipinski definition) is 2. The number of hydrogen-bond acceptors (Lipinski definition) is 4. The van der Waals surface area contributed by atoms with Crippen LogP contribution >= 0.6 is 24.0 Å². The fourth-order valence-electron chi connectivity index (χ4n) is 3.36. The zero-order valence-corrected chi connectivity index (χ0v) is 19.4. The number of guanidine groups is 1. The summed E-state index contributed by atoms with van der Waals surface area (Å²) in [6.45, 7) is 4.29. The summed E-state index contributed by atoms with van der Waals surface area (Å²) in [5.74, 6) is -0.344. The van der Waals surface area contributed by atoms with Crippen LogP contribution < -0.4 is 10.1 Å². The van der Waals surface area contributed by atoms with Gasteiger partial charge in [-0.2, -0.15) is 0 Å². The van der Waals surface area contributed by atoms with E-state index in [1.165, 1.54) is 25.3 Å². The Hall–Kier alpha value is -2.14. The summed E-state index contributed by atoms with van der Waals surface area (Å²) >= 11 is 0. The molecule has 6 nitrogen and oxygen atoms in total. The van der Waals surface area contributed by atoms with Gasteiger partial charge in [0.25, 0.3) is 0 Å². The summed E-state index contributed by atoms with van der Waals surface area (Å²) in [5, 5.41) is 12.5. The van der Waals surface area contributed by atoms with Crippen LogP contribution in [0.15, 0.2) is 41.4 Å². The largest absolute Gasteiger partial charge is 0.505 e. The second-order valence-corrected chi connectivity index (χ2v) is 6.92. The van der Waals surface area contributed by atoms with Gasteiger partial charge in [-0.1, -0.05) is 12.1 Å². The van der Waals surface area contributed by atoms with E-state index in [9.17, 15) is 13.9 Å². The first-order chi connectivity index (χ1) is 14.0. The van der Waals surface area contributed by atoms with E-state index in [0.29, 0.717) is 13.1 Å². The number of halogens is 3. The zero-order valence-electron chi connectivity index (χ0n) is 17.1. The first-order valence-corrected chi connectivity index (χ1v) is 9.48. The lowest BCUT2D eigenvalue weighted by Gasteiger charge is -2.36. The Morgan fingerprint density at radius 1 is 1.07 bits per heavy atom. The Labute approximate surface area is 192 Å². The van der Waals surface area contributed by atoms with Crippen molar-refractivity contribution in [2.75, 3.05) is 40.3 Å². The van der Waals surface area contributed by atoms with Crippen molar-refractivity contribution in [3.05, 3.63) is 59.2 Å². The Kier molecular flexibility index (Phi) is 9.09. The molecule has 0 spiro atoms. The number of aliphatic imine (C=N–C) groups is 1. The number of nitrogens with zero attached hydrogens (tertiary/aromatic N) is 3. The summed E-state index contributed by atoms with van der Waals surface area (Å²) in [4.78, 5) is 8.72. The third kappa shape index (κ3) is 6.18. The predicted molar refractivity (Wildman–Crippen MR) is 123 cm³/mol. The summed E-state index contributed by atoms with van der Waals surface area (Å²) < 4.78 is 32.3. The minimum Gasteiger partial charge on any atom is -0.505 e. The number of phenols is 1. The Balaban J connectivity index is 0.00000320. The number of phenolic OH excluding ortho intramolecular Hbond substituents is 1. The zero-order chi connectivity index (χ0) is 20.8. The molecular formula is C21H27F2IN4O2. The van der Waals surface area contributed by atoms with E-state index < -0.39 is 5.82 Å². The number of piperazine rings is 1. The van der Waals surface area contributed by atoms with Crippen molar-refractivity contribution in [3.63, 3.8) is 0 Å². The molecule has 0 aromatic heterocycles. The van der Waals surface area contributed by atoms with Gasteiger partial charge in [-0.15, -0.1) is 24.0 Å². The van der Waals surface area contributed by atoms with Gasteiger partial charge in [0.15, 0.2) is 29.1 Å². The van der Waals surface area contributed by atoms with E-state index in [-0.39, 0.29) is 41.3 Å². The fourth-order valence-corrected chi connectivity index (χ4v) is 3.36. The average molecular weight is 532 g/mol. The molecule has 0 aliphatic carbocycles. The molecule has 2 N–H and O–H groups in total. The van der Waals surface area contributed by atoms with Crippen molar-refractivity contribution in [1.29, 1.82) is 0 Å². The Morgan fingerprint density at radius 2 is 1.73 bits per heavy atom. The highest BCUT2D eigenvalue weighted by Gasteiger charge is 2.20. The van der Waals surface area contributed by atoms with Gasteiger partial charge in [-0.05, 0) is 35.4 Å². The SMILES string of the molecule is CN=C(NCc1ccc(O)c(F)c1)N1CCN(Cc2ccc(OC)c(F)c2)CC1.I. The van der Waals surface area contributed by atoms with Gasteiger partial charge in [0.2, 0.25) is 0 Å². The Bertz CT molecular complexity index is 874. The normalized spacial score (nSPS) is 14.9. The van der Waals surface area contributed by atoms with Crippen molar-refractivity contribution in [2.24, 2.45) is 4.99 Å². The lowest BCUT2D eigenvalue weighted by atomic mass is 10.2. The maximum atomic E-state index is 13.9. The molecule has 1 aliphatic rings. The molecule has 0 amide bonds. The lowest BCUT2D eigenvalue weighted by Crippen LogP contribution is -2.52. The number of ether oxygens (including phenoxy) is 1. The summed E-state index contributed by atoms with van der Waals surface area (Å²) in [6, 6.07) is 9.37. The first-order valence-electron chi connectivity index (χ1n) is 9.48. The molecule has 0 atom stereocenters. The number of nitrogens with one attached hydrogen (secondary N) is 1. The van der Waals surface area contributed by atoms with E-state index >= 15 is 0 Å². The van der Waals surface area contributed by atoms with Gasteiger partial charge in [0, 0.05) is 46.3 Å². The molecule has 1 saturated heterocycles. The minimum atomic E-state index is -0.636. The highest BCUT2D eigenvalue weighted by atomic mass is 127. The van der Waals surface area contributed by atoms with Crippen LogP contribution in [0.1, 0.15) is 11.1 Å². The number of methoxy groups -OCH3 is 1. The van der Waals surface area contributed by atoms with Gasteiger partial charge in [-0.25, -0.2) is 8.78 Å². The molecular weight excluding hydrogens is 505 g/mol. The van der Waals surface area contributed by atoms with Gasteiger partial charge < -0.3 is 20.1 Å². The monoisotopic (exact) mass is 532 g/mol. The van der Waals surface area contributed by atoms with Crippen LogP contribution in [0.4, 0.5) is 8.78 Å². The molecule has 1 aliphatic heterocycles. The maximum absolute atomic E-state index is 13.9. The van der Waals surface area contributed by atoms with Crippen LogP contribution in [-0.2, 0) is 13.1 Å². The van der Waals surface area contributed by atoms with Gasteiger partial charge >= 0.3 is 0 Å². The topological polar surface area (TPSA) is 60.3 Å². The van der Waals surface area contributed by atoms with Crippen LogP contribution in [0.5, 0.6) is 11.5 Å². The fraction of sp³-hybridized carbons (Fsp3) is 0.381. The van der Waals surface area contributed by atoms with Crippen molar-refractivity contribution in [3.8, 4) is 11.5 Å². The molecule has 0 bridgehead atoms. The second kappa shape index (κ2) is 11.3. The molecule has 0 unspecified atom stereocenters. The number of benzene rings is 2. The lowest BCUT2D eigenvalue weighted by molar-refractivity contribution is 0.172. The quantitative estimate of drug-likeness (QED) is 0.352. The molecule has 0 radical (unpaired) electrons. The van der Waals surface area contributed by atoms with Crippen LogP contribution in [0.3, 0.4) is 0 Å². The highest BCUT2D eigenvalue weighted by Crippen LogP contribution is 2.19.